The number of pyridine rings is 1. The Balaban J connectivity index is 2.05. The highest BCUT2D eigenvalue weighted by atomic mass is 16.7. The highest BCUT2D eigenvalue weighted by Crippen LogP contribution is 2.22. The van der Waals surface area contributed by atoms with Crippen molar-refractivity contribution in [2.24, 2.45) is 0 Å². The Morgan fingerprint density at radius 1 is 1.32 bits per heavy atom. The molecule has 104 valence electrons. The molecule has 1 fully saturated rings. The van der Waals surface area contributed by atoms with Crippen LogP contribution in [0.25, 0.3) is 0 Å². The molecule has 5 atom stereocenters. The summed E-state index contributed by atoms with van der Waals surface area (Å²) in [5.74, 6) is -0.729. The van der Waals surface area contributed by atoms with Crippen LogP contribution in [0, 0.1) is 0 Å². The van der Waals surface area contributed by atoms with Crippen LogP contribution in [-0.4, -0.2) is 57.0 Å². The maximum atomic E-state index is 11.8. The summed E-state index contributed by atoms with van der Waals surface area (Å²) in [5.41, 5.74) is 0.201. The van der Waals surface area contributed by atoms with Crippen molar-refractivity contribution in [3.8, 4) is 0 Å². The zero-order valence-corrected chi connectivity index (χ0v) is 10.2. The second kappa shape index (κ2) is 5.62. The Morgan fingerprint density at radius 2 is 2.05 bits per heavy atom. The van der Waals surface area contributed by atoms with E-state index in [0.717, 1.165) is 0 Å². The van der Waals surface area contributed by atoms with Gasteiger partial charge in [-0.3, -0.25) is 4.98 Å². The first-order valence-electron chi connectivity index (χ1n) is 5.81. The molecule has 0 saturated carbocycles. The number of nitrogens with zero attached hydrogens (tertiary/aromatic N) is 1. The van der Waals surface area contributed by atoms with Crippen LogP contribution in [0.15, 0.2) is 24.5 Å². The number of aromatic nitrogens is 1. The molecule has 0 unspecified atom stereocenters. The smallest absolute Gasteiger partial charge is 0.342 e. The minimum absolute atomic E-state index is 0.201. The Hall–Kier alpha value is -1.54. The van der Waals surface area contributed by atoms with Gasteiger partial charge in [-0.2, -0.15) is 0 Å². The van der Waals surface area contributed by atoms with Gasteiger partial charge in [0.1, 0.15) is 18.3 Å². The van der Waals surface area contributed by atoms with Crippen molar-refractivity contribution >= 4 is 5.97 Å². The number of carbonyl (C=O) groups is 1. The minimum atomic E-state index is -1.51. The van der Waals surface area contributed by atoms with Crippen LogP contribution >= 0.6 is 0 Å². The van der Waals surface area contributed by atoms with Crippen molar-refractivity contribution in [2.75, 3.05) is 0 Å². The van der Waals surface area contributed by atoms with Crippen molar-refractivity contribution in [1.29, 1.82) is 0 Å². The fourth-order valence-electron chi connectivity index (χ4n) is 1.77. The van der Waals surface area contributed by atoms with Crippen LogP contribution in [0.5, 0.6) is 0 Å². The minimum Gasteiger partial charge on any atom is -0.429 e. The van der Waals surface area contributed by atoms with Gasteiger partial charge in [0, 0.05) is 12.4 Å². The van der Waals surface area contributed by atoms with Crippen molar-refractivity contribution < 1.29 is 29.6 Å². The molecule has 7 nitrogen and oxygen atoms in total. The molecule has 0 bridgehead atoms. The zero-order chi connectivity index (χ0) is 14.0. The normalized spacial score (nSPS) is 34.8. The summed E-state index contributed by atoms with van der Waals surface area (Å²) in [6.07, 6.45) is -3.45. The molecule has 1 aliphatic rings. The molecule has 0 aromatic carbocycles. The zero-order valence-electron chi connectivity index (χ0n) is 10.2. The van der Waals surface area contributed by atoms with Crippen molar-refractivity contribution in [1.82, 2.24) is 4.98 Å². The lowest BCUT2D eigenvalue weighted by molar-refractivity contribution is -0.276. The molecule has 1 aromatic rings. The van der Waals surface area contributed by atoms with E-state index < -0.39 is 36.7 Å². The number of esters is 1. The molecule has 0 amide bonds. The maximum absolute atomic E-state index is 11.8. The average Bonchev–Trinajstić information content (AvgIpc) is 2.43. The van der Waals surface area contributed by atoms with Gasteiger partial charge in [0.05, 0.1) is 11.7 Å². The van der Waals surface area contributed by atoms with Gasteiger partial charge in [0.2, 0.25) is 6.29 Å². The number of aliphatic hydroxyl groups is 3. The second-order valence-corrected chi connectivity index (χ2v) is 4.33. The number of aliphatic hydroxyl groups excluding tert-OH is 3. The van der Waals surface area contributed by atoms with E-state index in [4.69, 9.17) is 9.47 Å². The first-order chi connectivity index (χ1) is 9.00. The Kier molecular flexibility index (Phi) is 4.11. The molecule has 7 heteroatoms. The van der Waals surface area contributed by atoms with Gasteiger partial charge in [-0.25, -0.2) is 4.79 Å². The Bertz CT molecular complexity index is 439. The van der Waals surface area contributed by atoms with E-state index in [9.17, 15) is 20.1 Å². The molecule has 2 rings (SSSR count). The summed E-state index contributed by atoms with van der Waals surface area (Å²) in [5, 5.41) is 28.8. The predicted octanol–water partition coefficient (Wildman–Crippen LogP) is -0.934. The highest BCUT2D eigenvalue weighted by molar-refractivity contribution is 5.89. The van der Waals surface area contributed by atoms with Crippen molar-refractivity contribution in [3.05, 3.63) is 30.1 Å². The van der Waals surface area contributed by atoms with E-state index in [1.165, 1.54) is 25.4 Å². The third kappa shape index (κ3) is 2.90. The molecule has 1 aromatic heterocycles. The van der Waals surface area contributed by atoms with Crippen molar-refractivity contribution in [3.63, 3.8) is 0 Å². The fraction of sp³-hybridized carbons (Fsp3) is 0.500. The lowest BCUT2D eigenvalue weighted by Crippen LogP contribution is -2.57. The molecule has 0 aliphatic carbocycles. The van der Waals surface area contributed by atoms with Gasteiger partial charge < -0.3 is 24.8 Å². The largest absolute Gasteiger partial charge is 0.429 e. The highest BCUT2D eigenvalue weighted by Gasteiger charge is 2.43. The Labute approximate surface area is 109 Å². The molecule has 1 saturated heterocycles. The van der Waals surface area contributed by atoms with Gasteiger partial charge >= 0.3 is 5.97 Å². The SMILES string of the molecule is C[C@@H]1O[C@@H](OC(=O)c2cccnc2)[C@H](O)[C@H](O)[C@H]1O. The molecule has 0 radical (unpaired) electrons. The number of ether oxygens (including phenoxy) is 2. The summed E-state index contributed by atoms with van der Waals surface area (Å²) in [4.78, 5) is 15.5. The molecule has 19 heavy (non-hydrogen) atoms. The standard InChI is InChI=1S/C12H15NO6/c1-6-8(14)9(15)10(16)12(18-6)19-11(17)7-3-2-4-13-5-7/h2-6,8-10,12,14-16H,1H3/t6-,8-,9+,10+,12-/m0/s1. The van der Waals surface area contributed by atoms with E-state index in [1.54, 1.807) is 6.07 Å². The van der Waals surface area contributed by atoms with E-state index in [1.807, 2.05) is 0 Å². The van der Waals surface area contributed by atoms with Crippen LogP contribution in [0.4, 0.5) is 0 Å². The lowest BCUT2D eigenvalue weighted by Gasteiger charge is -2.38. The quantitative estimate of drug-likeness (QED) is 0.595. The van der Waals surface area contributed by atoms with Crippen LogP contribution in [-0.2, 0) is 9.47 Å². The summed E-state index contributed by atoms with van der Waals surface area (Å²) in [6.45, 7) is 1.50. The number of rotatable bonds is 2. The molecular formula is C12H15NO6. The molecule has 0 spiro atoms. The Morgan fingerprint density at radius 3 is 2.68 bits per heavy atom. The fourth-order valence-corrected chi connectivity index (χ4v) is 1.77. The van der Waals surface area contributed by atoms with E-state index in [0.29, 0.717) is 0 Å². The average molecular weight is 269 g/mol. The molecule has 2 heterocycles. The topological polar surface area (TPSA) is 109 Å². The van der Waals surface area contributed by atoms with Gasteiger partial charge in [0.15, 0.2) is 0 Å². The van der Waals surface area contributed by atoms with E-state index in [-0.39, 0.29) is 5.56 Å². The monoisotopic (exact) mass is 269 g/mol. The van der Waals surface area contributed by atoms with Gasteiger partial charge in [-0.05, 0) is 19.1 Å². The lowest BCUT2D eigenvalue weighted by atomic mass is 10.00. The van der Waals surface area contributed by atoms with Crippen molar-refractivity contribution in [2.45, 2.75) is 37.6 Å². The molecular weight excluding hydrogens is 254 g/mol. The third-order valence-electron chi connectivity index (χ3n) is 2.93. The van der Waals surface area contributed by atoms with Gasteiger partial charge in [-0.1, -0.05) is 0 Å². The predicted molar refractivity (Wildman–Crippen MR) is 62.0 cm³/mol. The van der Waals surface area contributed by atoms with Crippen LogP contribution in [0.2, 0.25) is 0 Å². The van der Waals surface area contributed by atoms with Gasteiger partial charge in [-0.15, -0.1) is 0 Å². The maximum Gasteiger partial charge on any atom is 0.342 e. The summed E-state index contributed by atoms with van der Waals surface area (Å²) in [6, 6.07) is 3.06. The van der Waals surface area contributed by atoms with Gasteiger partial charge in [0.25, 0.3) is 0 Å². The molecule has 3 N–H and O–H groups in total. The summed E-state index contributed by atoms with van der Waals surface area (Å²) >= 11 is 0. The van der Waals surface area contributed by atoms with E-state index >= 15 is 0 Å². The van der Waals surface area contributed by atoms with Crippen LogP contribution in [0.1, 0.15) is 17.3 Å². The number of hydrogen-bond donors (Lipinski definition) is 3. The summed E-state index contributed by atoms with van der Waals surface area (Å²) < 4.78 is 10.1. The third-order valence-corrected chi connectivity index (χ3v) is 2.93. The second-order valence-electron chi connectivity index (χ2n) is 4.33. The first kappa shape index (κ1) is 13.9. The summed E-state index contributed by atoms with van der Waals surface area (Å²) in [7, 11) is 0. The molecule has 1 aliphatic heterocycles. The van der Waals surface area contributed by atoms with Crippen LogP contribution < -0.4 is 0 Å². The number of hydrogen-bond acceptors (Lipinski definition) is 7. The van der Waals surface area contributed by atoms with E-state index in [2.05, 4.69) is 4.98 Å². The van der Waals surface area contributed by atoms with Crippen LogP contribution in [0.3, 0.4) is 0 Å². The number of carbonyl (C=O) groups excluding carboxylic acids is 1. The first-order valence-corrected chi connectivity index (χ1v) is 5.81.